The van der Waals surface area contributed by atoms with Gasteiger partial charge in [0.15, 0.2) is 0 Å². The molecule has 1 aliphatic heterocycles. The quantitative estimate of drug-likeness (QED) is 0.725. The summed E-state index contributed by atoms with van der Waals surface area (Å²) in [4.78, 5) is 13.4. The zero-order valence-corrected chi connectivity index (χ0v) is 14.5. The average Bonchev–Trinajstić information content (AvgIpc) is 2.57. The summed E-state index contributed by atoms with van der Waals surface area (Å²) in [5, 5.41) is 16.4. The van der Waals surface area contributed by atoms with Crippen LogP contribution in [0, 0.1) is 0 Å². The Kier molecular flexibility index (Phi) is 6.42. The van der Waals surface area contributed by atoms with Gasteiger partial charge >= 0.3 is 6.09 Å². The van der Waals surface area contributed by atoms with Crippen molar-refractivity contribution in [2.75, 3.05) is 45.2 Å². The number of piperazine rings is 1. The molecule has 0 spiro atoms. The molecule has 0 saturated carbocycles. The van der Waals surface area contributed by atoms with E-state index in [4.69, 9.17) is 4.74 Å². The second kappa shape index (κ2) is 8.32. The summed E-state index contributed by atoms with van der Waals surface area (Å²) in [6.45, 7) is 8.09. The van der Waals surface area contributed by atoms with Crippen molar-refractivity contribution in [3.8, 4) is 5.75 Å². The summed E-state index contributed by atoms with van der Waals surface area (Å²) in [6.07, 6.45) is -1.13. The molecule has 1 heterocycles. The van der Waals surface area contributed by atoms with Gasteiger partial charge in [0.05, 0.1) is 7.11 Å². The summed E-state index contributed by atoms with van der Waals surface area (Å²) in [5.74, 6) is 0.634. The lowest BCUT2D eigenvalue weighted by Gasteiger charge is -2.36. The number of β-amino-alcohol motifs (C(OH)–C–C–N with tert-alkyl or cyclic N) is 1. The number of nitrogens with one attached hydrogen (secondary N) is 2. The Balaban J connectivity index is 1.90. The lowest BCUT2D eigenvalue weighted by molar-refractivity contribution is -0.0455. The van der Waals surface area contributed by atoms with Crippen molar-refractivity contribution in [2.45, 2.75) is 25.6 Å². The van der Waals surface area contributed by atoms with E-state index in [-0.39, 0.29) is 0 Å². The summed E-state index contributed by atoms with van der Waals surface area (Å²) in [5.41, 5.74) is -0.101. The number of ether oxygens (including phenoxy) is 2. The highest BCUT2D eigenvalue weighted by molar-refractivity contribution is 5.84. The van der Waals surface area contributed by atoms with E-state index in [1.807, 2.05) is 13.8 Å². The number of benzene rings is 1. The van der Waals surface area contributed by atoms with Gasteiger partial charge in [-0.25, -0.2) is 4.79 Å². The molecule has 2 rings (SSSR count). The number of carbonyl (C=O) groups excluding carboxylic acids is 1. The topological polar surface area (TPSA) is 83.1 Å². The lowest BCUT2D eigenvalue weighted by Crippen LogP contribution is -2.52. The summed E-state index contributed by atoms with van der Waals surface area (Å²) >= 11 is 0. The Hall–Kier alpha value is -1.83. The van der Waals surface area contributed by atoms with Crippen LogP contribution in [0.25, 0.3) is 0 Å². The third kappa shape index (κ3) is 5.36. The lowest BCUT2D eigenvalue weighted by atomic mass is 10.0. The van der Waals surface area contributed by atoms with Gasteiger partial charge in [0.25, 0.3) is 0 Å². The summed E-state index contributed by atoms with van der Waals surface area (Å²) in [6, 6.07) is 6.96. The zero-order chi connectivity index (χ0) is 17.6. The fraction of sp³-hybridized carbons (Fsp3) is 0.588. The molecule has 0 radical (unpaired) electrons. The number of carbonyl (C=O) groups is 1. The van der Waals surface area contributed by atoms with Gasteiger partial charge in [0, 0.05) is 38.4 Å². The molecule has 1 aromatic rings. The highest BCUT2D eigenvalue weighted by Gasteiger charge is 2.31. The first-order valence-corrected chi connectivity index (χ1v) is 8.16. The minimum Gasteiger partial charge on any atom is -0.485 e. The fourth-order valence-corrected chi connectivity index (χ4v) is 2.51. The van der Waals surface area contributed by atoms with Gasteiger partial charge in [0.1, 0.15) is 17.5 Å². The van der Waals surface area contributed by atoms with Crippen molar-refractivity contribution >= 4 is 11.8 Å². The van der Waals surface area contributed by atoms with Crippen LogP contribution in [0.2, 0.25) is 0 Å². The number of methoxy groups -OCH3 is 1. The number of aliphatic hydroxyl groups is 1. The molecule has 1 saturated heterocycles. The van der Waals surface area contributed by atoms with Crippen LogP contribution in [0.1, 0.15) is 13.8 Å². The molecule has 1 unspecified atom stereocenters. The van der Waals surface area contributed by atoms with E-state index in [0.717, 1.165) is 26.2 Å². The maximum absolute atomic E-state index is 11.2. The predicted octanol–water partition coefficient (Wildman–Crippen LogP) is 1.29. The van der Waals surface area contributed by atoms with Crippen molar-refractivity contribution in [3.05, 3.63) is 24.3 Å². The van der Waals surface area contributed by atoms with E-state index in [2.05, 4.69) is 20.3 Å². The first-order chi connectivity index (χ1) is 11.4. The predicted molar refractivity (Wildman–Crippen MR) is 92.5 cm³/mol. The normalized spacial score (nSPS) is 17.2. The molecule has 3 N–H and O–H groups in total. The molecule has 0 aromatic heterocycles. The van der Waals surface area contributed by atoms with Gasteiger partial charge in [0.2, 0.25) is 0 Å². The second-order valence-corrected chi connectivity index (χ2v) is 6.41. The maximum atomic E-state index is 11.2. The van der Waals surface area contributed by atoms with Crippen molar-refractivity contribution < 1.29 is 19.4 Å². The van der Waals surface area contributed by atoms with Gasteiger partial charge in [-0.3, -0.25) is 10.2 Å². The van der Waals surface area contributed by atoms with Crippen LogP contribution in [0.15, 0.2) is 24.3 Å². The minimum absolute atomic E-state index is 0.518. The molecule has 1 fully saturated rings. The Labute approximate surface area is 142 Å². The third-order valence-electron chi connectivity index (χ3n) is 4.11. The first kappa shape index (κ1) is 18.5. The molecule has 24 heavy (non-hydrogen) atoms. The summed E-state index contributed by atoms with van der Waals surface area (Å²) in [7, 11) is 1.31. The number of rotatable bonds is 6. The first-order valence-electron chi connectivity index (χ1n) is 8.16. The molecule has 134 valence electrons. The third-order valence-corrected chi connectivity index (χ3v) is 4.11. The van der Waals surface area contributed by atoms with Gasteiger partial charge < -0.3 is 19.9 Å². The van der Waals surface area contributed by atoms with E-state index in [1.165, 1.54) is 7.11 Å². The van der Waals surface area contributed by atoms with Gasteiger partial charge in [-0.15, -0.1) is 0 Å². The van der Waals surface area contributed by atoms with E-state index >= 15 is 0 Å². The Morgan fingerprint density at radius 1 is 1.33 bits per heavy atom. The van der Waals surface area contributed by atoms with E-state index in [9.17, 15) is 9.90 Å². The van der Waals surface area contributed by atoms with E-state index < -0.39 is 17.8 Å². The van der Waals surface area contributed by atoms with E-state index in [1.54, 1.807) is 24.3 Å². The zero-order valence-electron chi connectivity index (χ0n) is 14.5. The minimum atomic E-state index is -0.720. The summed E-state index contributed by atoms with van der Waals surface area (Å²) < 4.78 is 10.5. The standard InChI is InChI=1S/C17H27N3O4/c1-17(2,15(21)12-20-10-8-18-9-11-20)24-14-6-4-13(5-7-14)19-16(22)23-3/h4-7,15,18,21H,8-12H2,1-3H3,(H,19,22). The van der Waals surface area contributed by atoms with Crippen LogP contribution in [-0.2, 0) is 4.74 Å². The molecule has 7 nitrogen and oxygen atoms in total. The molecule has 1 aliphatic rings. The molecule has 0 bridgehead atoms. The van der Waals surface area contributed by atoms with Crippen LogP contribution < -0.4 is 15.4 Å². The van der Waals surface area contributed by atoms with Gasteiger partial charge in [-0.2, -0.15) is 0 Å². The fourth-order valence-electron chi connectivity index (χ4n) is 2.51. The molecule has 1 amide bonds. The van der Waals surface area contributed by atoms with Gasteiger partial charge in [-0.1, -0.05) is 0 Å². The van der Waals surface area contributed by atoms with Crippen LogP contribution >= 0.6 is 0 Å². The van der Waals surface area contributed by atoms with Crippen LogP contribution in [0.5, 0.6) is 5.75 Å². The van der Waals surface area contributed by atoms with E-state index in [0.29, 0.717) is 18.0 Å². The second-order valence-electron chi connectivity index (χ2n) is 6.41. The molecule has 1 aromatic carbocycles. The molecule has 1 atom stereocenters. The van der Waals surface area contributed by atoms with Crippen molar-refractivity contribution in [2.24, 2.45) is 0 Å². The highest BCUT2D eigenvalue weighted by Crippen LogP contribution is 2.23. The molecular weight excluding hydrogens is 310 g/mol. The number of hydrogen-bond acceptors (Lipinski definition) is 6. The smallest absolute Gasteiger partial charge is 0.411 e. The Morgan fingerprint density at radius 3 is 2.54 bits per heavy atom. The Morgan fingerprint density at radius 2 is 1.96 bits per heavy atom. The number of nitrogens with zero attached hydrogens (tertiary/aromatic N) is 1. The number of anilines is 1. The van der Waals surface area contributed by atoms with Crippen LogP contribution in [-0.4, -0.2) is 67.6 Å². The molecule has 0 aliphatic carbocycles. The van der Waals surface area contributed by atoms with Crippen LogP contribution in [0.3, 0.4) is 0 Å². The van der Waals surface area contributed by atoms with Crippen molar-refractivity contribution in [1.29, 1.82) is 0 Å². The number of aliphatic hydroxyl groups excluding tert-OH is 1. The largest absolute Gasteiger partial charge is 0.485 e. The highest BCUT2D eigenvalue weighted by atomic mass is 16.5. The van der Waals surface area contributed by atoms with Gasteiger partial charge in [-0.05, 0) is 38.1 Å². The molecular formula is C17H27N3O4. The Bertz CT molecular complexity index is 527. The number of amides is 1. The maximum Gasteiger partial charge on any atom is 0.411 e. The molecule has 7 heteroatoms. The number of hydrogen-bond donors (Lipinski definition) is 3. The SMILES string of the molecule is COC(=O)Nc1ccc(OC(C)(C)C(O)CN2CCNCC2)cc1. The van der Waals surface area contributed by atoms with Crippen molar-refractivity contribution in [1.82, 2.24) is 10.2 Å². The monoisotopic (exact) mass is 337 g/mol. The van der Waals surface area contributed by atoms with Crippen LogP contribution in [0.4, 0.5) is 10.5 Å². The van der Waals surface area contributed by atoms with Crippen molar-refractivity contribution in [3.63, 3.8) is 0 Å². The average molecular weight is 337 g/mol.